The molecule has 0 aliphatic heterocycles. The minimum atomic E-state index is -4.73. The third-order valence-electron chi connectivity index (χ3n) is 10.7. The molecule has 0 spiro atoms. The van der Waals surface area contributed by atoms with Gasteiger partial charge in [0.1, 0.15) is 11.6 Å². The first kappa shape index (κ1) is 40.3. The normalized spacial score (nSPS) is 14.4. The summed E-state index contributed by atoms with van der Waals surface area (Å²) in [5, 5.41) is 1.16. The fourth-order valence-corrected chi connectivity index (χ4v) is 9.33. The Morgan fingerprint density at radius 3 is 1.63 bits per heavy atom. The first-order valence-corrected chi connectivity index (χ1v) is 19.6. The Kier molecular flexibility index (Phi) is 12.5. The van der Waals surface area contributed by atoms with Gasteiger partial charge >= 0.3 is 6.18 Å². The van der Waals surface area contributed by atoms with Crippen LogP contribution in [0.15, 0.2) is 176 Å². The van der Waals surface area contributed by atoms with Gasteiger partial charge in [-0.15, -0.1) is 0 Å². The minimum Gasteiger partial charge on any atom is -0.207 e. The summed E-state index contributed by atoms with van der Waals surface area (Å²) >= 11 is 21.1. The Morgan fingerprint density at radius 1 is 0.474 bits per heavy atom. The lowest BCUT2D eigenvalue weighted by molar-refractivity contribution is -0.138. The first-order valence-electron chi connectivity index (χ1n) is 18.5. The maximum absolute atomic E-state index is 16.9. The molecule has 0 saturated heterocycles. The summed E-state index contributed by atoms with van der Waals surface area (Å²) in [4.78, 5) is 0. The summed E-state index contributed by atoms with van der Waals surface area (Å²) in [7, 11) is 0. The highest BCUT2D eigenvalue weighted by molar-refractivity contribution is 6.36. The van der Waals surface area contributed by atoms with Crippen molar-refractivity contribution in [3.8, 4) is 0 Å². The number of benzene rings is 7. The van der Waals surface area contributed by atoms with E-state index in [1.54, 1.807) is 103 Å². The number of hydrogen-bond donors (Lipinski definition) is 0. The molecule has 8 heteroatoms. The topological polar surface area (TPSA) is 0 Å². The van der Waals surface area contributed by atoms with Crippen molar-refractivity contribution in [2.24, 2.45) is 0 Å². The Morgan fingerprint density at radius 2 is 1.02 bits per heavy atom. The molecule has 7 aromatic rings. The molecular weight excluding hydrogens is 790 g/mol. The van der Waals surface area contributed by atoms with E-state index in [1.807, 2.05) is 36.4 Å². The summed E-state index contributed by atoms with van der Waals surface area (Å²) in [5.41, 5.74) is 2.81. The molecule has 0 aliphatic carbocycles. The molecular formula is C49H36Cl3F5. The van der Waals surface area contributed by atoms with Gasteiger partial charge in [-0.1, -0.05) is 162 Å². The second kappa shape index (κ2) is 17.7. The van der Waals surface area contributed by atoms with E-state index < -0.39 is 53.0 Å². The molecule has 7 rings (SSSR count). The van der Waals surface area contributed by atoms with Crippen LogP contribution in [0.2, 0.25) is 15.1 Å². The average Bonchev–Trinajstić information content (AvgIpc) is 3.20. The van der Waals surface area contributed by atoms with E-state index in [0.717, 1.165) is 17.2 Å². The molecule has 7 aromatic carbocycles. The molecule has 0 saturated carbocycles. The zero-order chi connectivity index (χ0) is 40.1. The zero-order valence-corrected chi connectivity index (χ0v) is 32.6. The van der Waals surface area contributed by atoms with Gasteiger partial charge in [0.2, 0.25) is 0 Å². The SMILES string of the molecule is Fc1ccc(CC(c2c(Cl)cccc2Cl)C(c2ccccc2)C(c2cccc(Cl)c2)C(c2ccccc2F)C(c2ccccc2)c2ccccc2C(F)(F)F)cc1. The first-order chi connectivity index (χ1) is 27.5. The van der Waals surface area contributed by atoms with Crippen LogP contribution in [-0.2, 0) is 12.6 Å². The Hall–Kier alpha value is -4.94. The van der Waals surface area contributed by atoms with Gasteiger partial charge in [-0.25, -0.2) is 8.78 Å². The van der Waals surface area contributed by atoms with Gasteiger partial charge in [-0.3, -0.25) is 0 Å². The molecule has 0 nitrogen and oxygen atoms in total. The molecule has 0 radical (unpaired) electrons. The van der Waals surface area contributed by atoms with E-state index in [4.69, 9.17) is 34.8 Å². The zero-order valence-electron chi connectivity index (χ0n) is 30.4. The molecule has 0 heterocycles. The number of hydrogen-bond acceptors (Lipinski definition) is 0. The van der Waals surface area contributed by atoms with Crippen LogP contribution in [0.25, 0.3) is 0 Å². The number of rotatable bonds is 12. The van der Waals surface area contributed by atoms with Crippen molar-refractivity contribution in [2.75, 3.05) is 0 Å². The maximum Gasteiger partial charge on any atom is 0.416 e. The highest BCUT2D eigenvalue weighted by Gasteiger charge is 2.46. The van der Waals surface area contributed by atoms with Gasteiger partial charge in [0.05, 0.1) is 5.56 Å². The monoisotopic (exact) mass is 824 g/mol. The molecule has 5 atom stereocenters. The minimum absolute atomic E-state index is 0.00541. The standard InChI is InChI=1S/C49H36Cl3F5/c50-35-18-11-17-34(30-35)46(45(33-15-5-2-6-16-33)39(29-31-25-27-36(53)28-26-31)47-41(51)22-12-23-42(47)52)48(38-20-8-10-24-43(38)54)44(32-13-3-1-4-14-32)37-19-7-9-21-40(37)49(55,56)57/h1-28,30,39,44-46,48H,29H2. The van der Waals surface area contributed by atoms with Crippen molar-refractivity contribution in [2.45, 2.75) is 42.2 Å². The fourth-order valence-electron chi connectivity index (χ4n) is 8.46. The maximum atomic E-state index is 16.9. The highest BCUT2D eigenvalue weighted by Crippen LogP contribution is 2.59. The van der Waals surface area contributed by atoms with Crippen molar-refractivity contribution >= 4 is 34.8 Å². The molecule has 0 amide bonds. The molecule has 0 N–H and O–H groups in total. The van der Waals surface area contributed by atoms with Crippen molar-refractivity contribution in [3.05, 3.63) is 247 Å². The molecule has 57 heavy (non-hydrogen) atoms. The van der Waals surface area contributed by atoms with Crippen LogP contribution in [0.5, 0.6) is 0 Å². The predicted molar refractivity (Wildman–Crippen MR) is 222 cm³/mol. The summed E-state index contributed by atoms with van der Waals surface area (Å²) in [6, 6.07) is 48.9. The van der Waals surface area contributed by atoms with Crippen LogP contribution in [0.1, 0.15) is 74.1 Å². The van der Waals surface area contributed by atoms with Crippen molar-refractivity contribution in [1.82, 2.24) is 0 Å². The van der Waals surface area contributed by atoms with E-state index in [0.29, 0.717) is 38.2 Å². The van der Waals surface area contributed by atoms with Crippen LogP contribution in [0.3, 0.4) is 0 Å². The van der Waals surface area contributed by atoms with Crippen LogP contribution in [0, 0.1) is 11.6 Å². The Bertz CT molecular complexity index is 2400. The van der Waals surface area contributed by atoms with Gasteiger partial charge < -0.3 is 0 Å². The molecule has 0 aliphatic rings. The lowest BCUT2D eigenvalue weighted by atomic mass is 9.59. The summed E-state index contributed by atoms with van der Waals surface area (Å²) in [6.45, 7) is 0. The van der Waals surface area contributed by atoms with Crippen LogP contribution >= 0.6 is 34.8 Å². The van der Waals surface area contributed by atoms with Crippen molar-refractivity contribution < 1.29 is 22.0 Å². The number of alkyl halides is 3. The molecule has 5 unspecified atom stereocenters. The second-order valence-electron chi connectivity index (χ2n) is 14.1. The highest BCUT2D eigenvalue weighted by atomic mass is 35.5. The Balaban J connectivity index is 1.64. The van der Waals surface area contributed by atoms with E-state index in [9.17, 15) is 4.39 Å². The van der Waals surface area contributed by atoms with Gasteiger partial charge in [0.15, 0.2) is 0 Å². The van der Waals surface area contributed by atoms with E-state index >= 15 is 17.6 Å². The van der Waals surface area contributed by atoms with Gasteiger partial charge in [-0.05, 0) is 112 Å². The summed E-state index contributed by atoms with van der Waals surface area (Å²) in [6.07, 6.45) is -4.44. The lowest BCUT2D eigenvalue weighted by Crippen LogP contribution is -2.31. The lowest BCUT2D eigenvalue weighted by Gasteiger charge is -2.44. The smallest absolute Gasteiger partial charge is 0.207 e. The van der Waals surface area contributed by atoms with Crippen LogP contribution in [0.4, 0.5) is 22.0 Å². The van der Waals surface area contributed by atoms with E-state index in [1.165, 1.54) is 30.3 Å². The predicted octanol–water partition coefficient (Wildman–Crippen LogP) is 15.5. The van der Waals surface area contributed by atoms with Crippen LogP contribution in [-0.4, -0.2) is 0 Å². The molecule has 288 valence electrons. The summed E-state index contributed by atoms with van der Waals surface area (Å²) < 4.78 is 77.0. The quantitative estimate of drug-likeness (QED) is 0.108. The Labute approximate surface area is 344 Å². The molecule has 0 bridgehead atoms. The van der Waals surface area contributed by atoms with Gasteiger partial charge in [0.25, 0.3) is 0 Å². The molecule has 0 fully saturated rings. The van der Waals surface area contributed by atoms with Gasteiger partial charge in [0, 0.05) is 26.9 Å². The van der Waals surface area contributed by atoms with Crippen molar-refractivity contribution in [3.63, 3.8) is 0 Å². The van der Waals surface area contributed by atoms with E-state index in [2.05, 4.69) is 0 Å². The number of halogens is 8. The second-order valence-corrected chi connectivity index (χ2v) is 15.4. The fraction of sp³-hybridized carbons (Fsp3) is 0.143. The van der Waals surface area contributed by atoms with Gasteiger partial charge in [-0.2, -0.15) is 13.2 Å². The van der Waals surface area contributed by atoms with Crippen LogP contribution < -0.4 is 0 Å². The third kappa shape index (κ3) is 8.97. The largest absolute Gasteiger partial charge is 0.416 e. The van der Waals surface area contributed by atoms with Crippen molar-refractivity contribution in [1.29, 1.82) is 0 Å². The third-order valence-corrected chi connectivity index (χ3v) is 11.6. The average molecular weight is 826 g/mol. The molecule has 0 aromatic heterocycles. The summed E-state index contributed by atoms with van der Waals surface area (Å²) in [5.74, 6) is -5.07. The van der Waals surface area contributed by atoms with E-state index in [-0.39, 0.29) is 11.1 Å².